The maximum absolute atomic E-state index is 11.0. The molecule has 1 fully saturated rings. The molecule has 1 unspecified atom stereocenters. The van der Waals surface area contributed by atoms with Gasteiger partial charge in [0.1, 0.15) is 0 Å². The predicted octanol–water partition coefficient (Wildman–Crippen LogP) is -0.380. The molecule has 1 aliphatic rings. The quantitative estimate of drug-likeness (QED) is 0.632. The molecule has 86 valence electrons. The fourth-order valence-electron chi connectivity index (χ4n) is 1.18. The highest BCUT2D eigenvalue weighted by molar-refractivity contribution is 8.06. The van der Waals surface area contributed by atoms with Gasteiger partial charge in [0.05, 0.1) is 6.54 Å². The first-order valence-corrected chi connectivity index (χ1v) is 6.88. The fourth-order valence-corrected chi connectivity index (χ4v) is 3.83. The summed E-state index contributed by atoms with van der Waals surface area (Å²) in [5.74, 6) is 3.12. The van der Waals surface area contributed by atoms with Crippen LogP contribution in [0.4, 0.5) is 4.79 Å². The predicted molar refractivity (Wildman–Crippen MR) is 64.2 cm³/mol. The summed E-state index contributed by atoms with van der Waals surface area (Å²) in [5, 5.41) is 5.57. The Morgan fingerprint density at radius 1 is 1.40 bits per heavy atom. The minimum Gasteiger partial charge on any atom is -0.351 e. The Balaban J connectivity index is 2.04. The van der Waals surface area contributed by atoms with Crippen molar-refractivity contribution >= 4 is 35.5 Å². The van der Waals surface area contributed by atoms with E-state index in [1.807, 2.05) is 28.8 Å². The second kappa shape index (κ2) is 6.97. The Bertz CT molecular complexity index is 232. The van der Waals surface area contributed by atoms with Gasteiger partial charge in [-0.1, -0.05) is 0 Å². The molecule has 0 bridgehead atoms. The summed E-state index contributed by atoms with van der Waals surface area (Å²) in [5.41, 5.74) is 4.80. The largest absolute Gasteiger partial charge is 0.351 e. The zero-order chi connectivity index (χ0) is 11.1. The minimum atomic E-state index is -0.801. The van der Waals surface area contributed by atoms with Crippen LogP contribution in [0.1, 0.15) is 0 Å². The van der Waals surface area contributed by atoms with E-state index < -0.39 is 6.03 Å². The van der Waals surface area contributed by atoms with Gasteiger partial charge in [-0.25, -0.2) is 4.79 Å². The van der Waals surface area contributed by atoms with Gasteiger partial charge in [0.2, 0.25) is 5.91 Å². The van der Waals surface area contributed by atoms with Gasteiger partial charge in [-0.2, -0.15) is 23.5 Å². The van der Waals surface area contributed by atoms with Crippen LogP contribution in [0.3, 0.4) is 0 Å². The molecule has 1 heterocycles. The topological polar surface area (TPSA) is 84.2 Å². The molecule has 3 amide bonds. The summed E-state index contributed by atoms with van der Waals surface area (Å²) < 4.78 is 0. The van der Waals surface area contributed by atoms with Gasteiger partial charge in [0.15, 0.2) is 0 Å². The van der Waals surface area contributed by atoms with Crippen molar-refractivity contribution in [1.29, 1.82) is 0 Å². The van der Waals surface area contributed by atoms with Crippen LogP contribution < -0.4 is 16.4 Å². The summed E-state index contributed by atoms with van der Waals surface area (Å²) in [4.78, 5) is 21.3. The second-order valence-corrected chi connectivity index (χ2v) is 5.67. The molecule has 0 radical (unpaired) electrons. The lowest BCUT2D eigenvalue weighted by Gasteiger charge is -2.20. The first-order valence-electron chi connectivity index (χ1n) is 4.68. The van der Waals surface area contributed by atoms with Crippen LogP contribution in [0.2, 0.25) is 0 Å². The molecule has 0 aromatic rings. The van der Waals surface area contributed by atoms with Gasteiger partial charge in [-0.3, -0.25) is 10.1 Å². The highest BCUT2D eigenvalue weighted by Crippen LogP contribution is 2.22. The third-order valence-corrected chi connectivity index (χ3v) is 4.65. The smallest absolute Gasteiger partial charge is 0.318 e. The first kappa shape index (κ1) is 12.7. The van der Waals surface area contributed by atoms with Crippen molar-refractivity contribution in [2.24, 2.45) is 5.73 Å². The molecular weight excluding hydrogens is 234 g/mol. The van der Waals surface area contributed by atoms with Crippen LogP contribution in [0, 0.1) is 0 Å². The molecule has 1 atom stereocenters. The molecule has 4 N–H and O–H groups in total. The van der Waals surface area contributed by atoms with Crippen molar-refractivity contribution in [2.45, 2.75) is 5.25 Å². The number of hydrogen-bond acceptors (Lipinski definition) is 5. The molecule has 1 rings (SSSR count). The lowest BCUT2D eigenvalue weighted by Crippen LogP contribution is -2.42. The molecule has 1 aliphatic heterocycles. The van der Waals surface area contributed by atoms with Crippen molar-refractivity contribution in [3.8, 4) is 0 Å². The maximum Gasteiger partial charge on any atom is 0.318 e. The number of amides is 3. The van der Waals surface area contributed by atoms with Gasteiger partial charge >= 0.3 is 6.03 Å². The van der Waals surface area contributed by atoms with E-state index in [1.54, 1.807) is 0 Å². The monoisotopic (exact) mass is 249 g/mol. The summed E-state index contributed by atoms with van der Waals surface area (Å²) in [7, 11) is 0. The first-order chi connectivity index (χ1) is 7.18. The average molecular weight is 249 g/mol. The minimum absolute atomic E-state index is 0.144. The molecule has 5 nitrogen and oxygen atoms in total. The van der Waals surface area contributed by atoms with Crippen molar-refractivity contribution < 1.29 is 9.59 Å². The molecule has 1 saturated heterocycles. The summed E-state index contributed by atoms with van der Waals surface area (Å²) >= 11 is 3.86. The third kappa shape index (κ3) is 5.91. The van der Waals surface area contributed by atoms with Gasteiger partial charge in [-0.05, 0) is 0 Å². The van der Waals surface area contributed by atoms with E-state index in [0.717, 1.165) is 12.3 Å². The van der Waals surface area contributed by atoms with Crippen LogP contribution in [-0.2, 0) is 4.79 Å². The summed E-state index contributed by atoms with van der Waals surface area (Å²) in [6, 6.07) is -0.801. The number of carbonyl (C=O) groups is 2. The Kier molecular flexibility index (Phi) is 5.89. The molecule has 0 saturated carbocycles. The van der Waals surface area contributed by atoms with E-state index in [1.165, 1.54) is 11.5 Å². The number of primary amides is 1. The van der Waals surface area contributed by atoms with E-state index in [0.29, 0.717) is 5.25 Å². The van der Waals surface area contributed by atoms with E-state index >= 15 is 0 Å². The standard InChI is InChI=1S/C8H15N3O2S2/c9-8(13)11-7(12)4-10-3-6-5-14-1-2-15-6/h6,10H,1-5H2,(H3,9,11,12,13). The van der Waals surface area contributed by atoms with Crippen LogP contribution in [0.25, 0.3) is 0 Å². The number of carbonyl (C=O) groups excluding carboxylic acids is 2. The van der Waals surface area contributed by atoms with E-state index in [2.05, 4.69) is 5.32 Å². The summed E-state index contributed by atoms with van der Waals surface area (Å²) in [6.45, 7) is 0.939. The number of nitrogens with two attached hydrogens (primary N) is 1. The summed E-state index contributed by atoms with van der Waals surface area (Å²) in [6.07, 6.45) is 0. The third-order valence-electron chi connectivity index (χ3n) is 1.81. The molecular formula is C8H15N3O2S2. The molecule has 0 aliphatic carbocycles. The lowest BCUT2D eigenvalue weighted by atomic mass is 10.4. The van der Waals surface area contributed by atoms with Crippen molar-refractivity contribution in [1.82, 2.24) is 10.6 Å². The van der Waals surface area contributed by atoms with Gasteiger partial charge in [-0.15, -0.1) is 0 Å². The Labute approximate surface area is 97.3 Å². The van der Waals surface area contributed by atoms with Crippen LogP contribution in [-0.4, -0.2) is 47.5 Å². The van der Waals surface area contributed by atoms with Crippen LogP contribution in [0.5, 0.6) is 0 Å². The number of rotatable bonds is 4. The lowest BCUT2D eigenvalue weighted by molar-refractivity contribution is -0.119. The Hall–Kier alpha value is -0.400. The highest BCUT2D eigenvalue weighted by Gasteiger charge is 2.14. The number of hydrogen-bond donors (Lipinski definition) is 3. The van der Waals surface area contributed by atoms with E-state index in [9.17, 15) is 9.59 Å². The van der Waals surface area contributed by atoms with Gasteiger partial charge < -0.3 is 11.1 Å². The Morgan fingerprint density at radius 2 is 2.20 bits per heavy atom. The molecule has 15 heavy (non-hydrogen) atoms. The normalized spacial score (nSPS) is 20.9. The fraction of sp³-hybridized carbons (Fsp3) is 0.750. The zero-order valence-electron chi connectivity index (χ0n) is 8.32. The second-order valence-electron chi connectivity index (χ2n) is 3.11. The van der Waals surface area contributed by atoms with Crippen molar-refractivity contribution in [2.75, 3.05) is 30.3 Å². The number of thioether (sulfide) groups is 2. The maximum atomic E-state index is 11.0. The van der Waals surface area contributed by atoms with E-state index in [-0.39, 0.29) is 12.5 Å². The molecule has 0 aromatic heterocycles. The van der Waals surface area contributed by atoms with E-state index in [4.69, 9.17) is 5.73 Å². The zero-order valence-corrected chi connectivity index (χ0v) is 9.96. The van der Waals surface area contributed by atoms with Crippen molar-refractivity contribution in [3.63, 3.8) is 0 Å². The number of imide groups is 1. The van der Waals surface area contributed by atoms with Gasteiger partial charge in [0, 0.05) is 29.1 Å². The SMILES string of the molecule is NC(=O)NC(=O)CNCC1CSCCS1. The molecule has 0 spiro atoms. The van der Waals surface area contributed by atoms with Crippen molar-refractivity contribution in [3.05, 3.63) is 0 Å². The van der Waals surface area contributed by atoms with Gasteiger partial charge in [0.25, 0.3) is 0 Å². The molecule has 0 aromatic carbocycles. The van der Waals surface area contributed by atoms with Crippen LogP contribution in [0.15, 0.2) is 0 Å². The number of nitrogens with one attached hydrogen (secondary N) is 2. The highest BCUT2D eigenvalue weighted by atomic mass is 32.2. The Morgan fingerprint density at radius 3 is 2.80 bits per heavy atom. The van der Waals surface area contributed by atoms with Crippen LogP contribution >= 0.6 is 23.5 Å². The molecule has 7 heteroatoms. The average Bonchev–Trinajstić information content (AvgIpc) is 2.18. The number of urea groups is 1.